The summed E-state index contributed by atoms with van der Waals surface area (Å²) in [7, 11) is 0. The minimum atomic E-state index is -1.05. The summed E-state index contributed by atoms with van der Waals surface area (Å²) in [6.07, 6.45) is 5.49. The van der Waals surface area contributed by atoms with E-state index in [1.165, 1.54) is 0 Å². The van der Waals surface area contributed by atoms with Crippen LogP contribution in [0.1, 0.15) is 33.6 Å². The number of nitrogens with zero attached hydrogens (tertiary/aromatic N) is 1. The van der Waals surface area contributed by atoms with Gasteiger partial charge in [0, 0.05) is 0 Å². The Labute approximate surface area is 101 Å². The number of ether oxygens (including phenoxy) is 1. The summed E-state index contributed by atoms with van der Waals surface area (Å²) >= 11 is 0. The zero-order chi connectivity index (χ0) is 13.2. The summed E-state index contributed by atoms with van der Waals surface area (Å²) in [6.45, 7) is 5.17. The highest BCUT2D eigenvalue weighted by Crippen LogP contribution is 2.26. The minimum absolute atomic E-state index is 0.365. The van der Waals surface area contributed by atoms with Crippen molar-refractivity contribution < 1.29 is 19.4 Å². The van der Waals surface area contributed by atoms with Gasteiger partial charge in [0.15, 0.2) is 0 Å². The van der Waals surface area contributed by atoms with Crippen molar-refractivity contribution in [3.05, 3.63) is 0 Å². The summed E-state index contributed by atoms with van der Waals surface area (Å²) in [5, 5.41) is 9.03. The zero-order valence-electron chi connectivity index (χ0n) is 10.3. The second-order valence-electron chi connectivity index (χ2n) is 5.00. The van der Waals surface area contributed by atoms with Crippen molar-refractivity contribution in [3.8, 4) is 12.3 Å². The monoisotopic (exact) mass is 239 g/mol. The molecule has 1 fully saturated rings. The number of carboxylic acid groups (broad SMARTS) is 1. The fraction of sp³-hybridized carbons (Fsp3) is 0.667. The largest absolute Gasteiger partial charge is 0.480 e. The van der Waals surface area contributed by atoms with Crippen LogP contribution in [-0.4, -0.2) is 39.8 Å². The third-order valence-electron chi connectivity index (χ3n) is 2.47. The maximum atomic E-state index is 11.9. The van der Waals surface area contributed by atoms with Gasteiger partial charge >= 0.3 is 12.1 Å². The fourth-order valence-electron chi connectivity index (χ4n) is 1.79. The number of carbonyl (C=O) groups excluding carboxylic acids is 1. The lowest BCUT2D eigenvalue weighted by atomic mass is 10.2. The van der Waals surface area contributed by atoms with Crippen LogP contribution >= 0.6 is 0 Å². The van der Waals surface area contributed by atoms with E-state index in [2.05, 4.69) is 5.92 Å². The second kappa shape index (κ2) is 4.66. The van der Waals surface area contributed by atoms with Crippen molar-refractivity contribution in [3.63, 3.8) is 0 Å². The van der Waals surface area contributed by atoms with E-state index in [-0.39, 0.29) is 0 Å². The maximum Gasteiger partial charge on any atom is 0.412 e. The molecule has 0 aromatic carbocycles. The van der Waals surface area contributed by atoms with E-state index in [0.29, 0.717) is 12.8 Å². The molecule has 0 radical (unpaired) electrons. The third kappa shape index (κ3) is 3.13. The van der Waals surface area contributed by atoms with Crippen LogP contribution in [-0.2, 0) is 9.53 Å². The highest BCUT2D eigenvalue weighted by molar-refractivity contribution is 5.81. The lowest BCUT2D eigenvalue weighted by Crippen LogP contribution is -2.46. The first-order valence-electron chi connectivity index (χ1n) is 5.46. The van der Waals surface area contributed by atoms with Crippen LogP contribution < -0.4 is 0 Å². The summed E-state index contributed by atoms with van der Waals surface area (Å²) in [4.78, 5) is 24.1. The molecule has 0 spiro atoms. The molecular weight excluding hydrogens is 222 g/mol. The molecule has 1 saturated heterocycles. The number of hydrogen-bond acceptors (Lipinski definition) is 3. The van der Waals surface area contributed by atoms with Crippen LogP contribution in [0.4, 0.5) is 4.79 Å². The second-order valence-corrected chi connectivity index (χ2v) is 5.00. The van der Waals surface area contributed by atoms with E-state index in [1.54, 1.807) is 20.8 Å². The topological polar surface area (TPSA) is 66.8 Å². The van der Waals surface area contributed by atoms with Crippen LogP contribution in [0.3, 0.4) is 0 Å². The van der Waals surface area contributed by atoms with Crippen LogP contribution in [0.15, 0.2) is 0 Å². The third-order valence-corrected chi connectivity index (χ3v) is 2.47. The molecule has 1 heterocycles. The lowest BCUT2D eigenvalue weighted by molar-refractivity contribution is -0.142. The number of rotatable bonds is 1. The number of carboxylic acids is 1. The molecule has 1 unspecified atom stereocenters. The summed E-state index contributed by atoms with van der Waals surface area (Å²) < 4.78 is 5.16. The van der Waals surface area contributed by atoms with E-state index in [1.807, 2.05) is 0 Å². The van der Waals surface area contributed by atoms with Crippen molar-refractivity contribution in [2.45, 2.75) is 51.3 Å². The van der Waals surface area contributed by atoms with E-state index in [0.717, 1.165) is 4.90 Å². The first kappa shape index (κ1) is 13.4. The highest BCUT2D eigenvalue weighted by Gasteiger charge is 2.42. The van der Waals surface area contributed by atoms with Gasteiger partial charge in [0.05, 0.1) is 6.04 Å². The van der Waals surface area contributed by atoms with Crippen molar-refractivity contribution >= 4 is 12.1 Å². The number of amides is 1. The Kier molecular flexibility index (Phi) is 3.66. The Bertz CT molecular complexity index is 364. The van der Waals surface area contributed by atoms with E-state index >= 15 is 0 Å². The van der Waals surface area contributed by atoms with Crippen molar-refractivity contribution in [1.29, 1.82) is 0 Å². The molecule has 0 aromatic heterocycles. The maximum absolute atomic E-state index is 11.9. The Balaban J connectivity index is 2.86. The Morgan fingerprint density at radius 2 is 2.00 bits per heavy atom. The molecule has 0 aromatic rings. The molecule has 1 rings (SSSR count). The van der Waals surface area contributed by atoms with Gasteiger partial charge in [-0.3, -0.25) is 4.90 Å². The Morgan fingerprint density at radius 1 is 1.41 bits per heavy atom. The molecule has 1 aliphatic heterocycles. The number of terminal acetylenes is 1. The van der Waals surface area contributed by atoms with Gasteiger partial charge in [0.1, 0.15) is 11.6 Å². The zero-order valence-corrected chi connectivity index (χ0v) is 10.3. The molecule has 0 aliphatic carbocycles. The molecule has 0 saturated carbocycles. The summed E-state index contributed by atoms with van der Waals surface area (Å²) in [6, 6.07) is -1.38. The normalized spacial score (nSPS) is 24.2. The van der Waals surface area contributed by atoms with Crippen molar-refractivity contribution in [1.82, 2.24) is 4.90 Å². The number of carbonyl (C=O) groups is 2. The molecule has 0 bridgehead atoms. The standard InChI is InChI=1S/C12H17NO4/c1-5-8-6-7-9(10(14)15)13(8)11(16)17-12(2,3)4/h1,8-9H,6-7H2,2-4H3,(H,14,15)/t8-,9?/m0/s1. The summed E-state index contributed by atoms with van der Waals surface area (Å²) in [5.74, 6) is 1.38. The fourth-order valence-corrected chi connectivity index (χ4v) is 1.79. The smallest absolute Gasteiger partial charge is 0.412 e. The number of hydrogen-bond donors (Lipinski definition) is 1. The van der Waals surface area contributed by atoms with E-state index in [9.17, 15) is 9.59 Å². The van der Waals surface area contributed by atoms with Gasteiger partial charge in [0.25, 0.3) is 0 Å². The van der Waals surface area contributed by atoms with Gasteiger partial charge in [-0.05, 0) is 33.6 Å². The van der Waals surface area contributed by atoms with Gasteiger partial charge < -0.3 is 9.84 Å². The predicted octanol–water partition coefficient (Wildman–Crippen LogP) is 1.47. The quantitative estimate of drug-likeness (QED) is 0.704. The first-order chi connectivity index (χ1) is 7.76. The summed E-state index contributed by atoms with van der Waals surface area (Å²) in [5.41, 5.74) is -0.665. The molecule has 1 N–H and O–H groups in total. The van der Waals surface area contributed by atoms with Gasteiger partial charge in [-0.2, -0.15) is 0 Å². The molecule has 5 heteroatoms. The molecule has 1 amide bonds. The molecule has 5 nitrogen and oxygen atoms in total. The van der Waals surface area contributed by atoms with E-state index in [4.69, 9.17) is 16.3 Å². The number of likely N-dealkylation sites (tertiary alicyclic amines) is 1. The Hall–Kier alpha value is -1.70. The predicted molar refractivity (Wildman–Crippen MR) is 61.4 cm³/mol. The number of aliphatic carboxylic acids is 1. The average Bonchev–Trinajstić information content (AvgIpc) is 2.57. The molecular formula is C12H17NO4. The molecule has 2 atom stereocenters. The van der Waals surface area contributed by atoms with Crippen LogP contribution in [0.25, 0.3) is 0 Å². The minimum Gasteiger partial charge on any atom is -0.480 e. The van der Waals surface area contributed by atoms with Crippen molar-refractivity contribution in [2.75, 3.05) is 0 Å². The Morgan fingerprint density at radius 3 is 2.41 bits per heavy atom. The van der Waals surface area contributed by atoms with Gasteiger partial charge in [0.2, 0.25) is 0 Å². The van der Waals surface area contributed by atoms with Gasteiger partial charge in [-0.25, -0.2) is 9.59 Å². The van der Waals surface area contributed by atoms with Crippen molar-refractivity contribution in [2.24, 2.45) is 0 Å². The van der Waals surface area contributed by atoms with Gasteiger partial charge in [-0.1, -0.05) is 5.92 Å². The lowest BCUT2D eigenvalue weighted by Gasteiger charge is -2.29. The SMILES string of the molecule is C#C[C@H]1CCC(C(=O)O)N1C(=O)OC(C)(C)C. The van der Waals surface area contributed by atoms with Crippen LogP contribution in [0, 0.1) is 12.3 Å². The van der Waals surface area contributed by atoms with Gasteiger partial charge in [-0.15, -0.1) is 6.42 Å². The average molecular weight is 239 g/mol. The highest BCUT2D eigenvalue weighted by atomic mass is 16.6. The molecule has 17 heavy (non-hydrogen) atoms. The van der Waals surface area contributed by atoms with Crippen LogP contribution in [0.5, 0.6) is 0 Å². The molecule has 94 valence electrons. The first-order valence-corrected chi connectivity index (χ1v) is 5.46. The van der Waals surface area contributed by atoms with Crippen LogP contribution in [0.2, 0.25) is 0 Å². The van der Waals surface area contributed by atoms with E-state index < -0.39 is 29.7 Å². The molecule has 1 aliphatic rings.